The Bertz CT molecular complexity index is 1320. The van der Waals surface area contributed by atoms with E-state index < -0.39 is 11.4 Å². The van der Waals surface area contributed by atoms with Gasteiger partial charge in [0, 0.05) is 23.5 Å². The predicted octanol–water partition coefficient (Wildman–Crippen LogP) is 7.64. The summed E-state index contributed by atoms with van der Waals surface area (Å²) in [6, 6.07) is 8.74. The molecule has 3 heterocycles. The molecule has 2 aromatic heterocycles. The Labute approximate surface area is 221 Å². The van der Waals surface area contributed by atoms with Crippen LogP contribution in [0.3, 0.4) is 0 Å². The number of fused-ring (bicyclic) bond motifs is 1. The number of thiophene rings is 1. The summed E-state index contributed by atoms with van der Waals surface area (Å²) in [5, 5.41) is 2.06. The molecule has 2 aliphatic rings. The molecule has 0 N–H and O–H groups in total. The summed E-state index contributed by atoms with van der Waals surface area (Å²) in [5.41, 5.74) is 4.62. The maximum Gasteiger partial charge on any atom is 0.308 e. The van der Waals surface area contributed by atoms with Crippen molar-refractivity contribution in [3.05, 3.63) is 58.9 Å². The summed E-state index contributed by atoms with van der Waals surface area (Å²) in [4.78, 5) is 17.5. The van der Waals surface area contributed by atoms with Crippen LogP contribution in [0, 0.1) is 5.82 Å². The Morgan fingerprint density at radius 3 is 2.59 bits per heavy atom. The molecule has 37 heavy (non-hydrogen) atoms. The van der Waals surface area contributed by atoms with Crippen molar-refractivity contribution in [1.29, 1.82) is 0 Å². The van der Waals surface area contributed by atoms with Crippen LogP contribution in [0.1, 0.15) is 77.5 Å². The fourth-order valence-corrected chi connectivity index (χ4v) is 5.84. The first-order chi connectivity index (χ1) is 17.5. The van der Waals surface area contributed by atoms with Crippen molar-refractivity contribution in [2.75, 3.05) is 0 Å². The molecule has 0 spiro atoms. The van der Waals surface area contributed by atoms with Gasteiger partial charge in [-0.2, -0.15) is 0 Å². The van der Waals surface area contributed by atoms with Crippen molar-refractivity contribution in [2.45, 2.75) is 89.8 Å². The van der Waals surface area contributed by atoms with E-state index in [4.69, 9.17) is 19.2 Å². The molecule has 0 radical (unpaired) electrons. The molecule has 2 fully saturated rings. The third kappa shape index (κ3) is 6.28. The Hall–Kier alpha value is -2.61. The van der Waals surface area contributed by atoms with Gasteiger partial charge in [0.05, 0.1) is 34.5 Å². The number of esters is 1. The zero-order valence-corrected chi connectivity index (χ0v) is 22.9. The minimum atomic E-state index is -0.838. The molecule has 5 rings (SSSR count). The zero-order chi connectivity index (χ0) is 26.4. The lowest BCUT2D eigenvalue weighted by atomic mass is 9.95. The Kier molecular flexibility index (Phi) is 6.98. The van der Waals surface area contributed by atoms with E-state index in [0.29, 0.717) is 12.3 Å². The van der Waals surface area contributed by atoms with Gasteiger partial charge in [0.25, 0.3) is 0 Å². The van der Waals surface area contributed by atoms with Crippen LogP contribution in [0.4, 0.5) is 4.39 Å². The first kappa shape index (κ1) is 26.0. The van der Waals surface area contributed by atoms with Gasteiger partial charge in [-0.25, -0.2) is 4.39 Å². The third-order valence-corrected chi connectivity index (χ3v) is 7.35. The van der Waals surface area contributed by atoms with Crippen LogP contribution < -0.4 is 0 Å². The molecule has 1 saturated heterocycles. The molecule has 1 aromatic carbocycles. The topological polar surface area (TPSA) is 57.7 Å². The second-order valence-electron chi connectivity index (χ2n) is 11.4. The van der Waals surface area contributed by atoms with E-state index in [1.54, 1.807) is 11.3 Å². The van der Waals surface area contributed by atoms with Crippen LogP contribution in [0.5, 0.6) is 0 Å². The lowest BCUT2D eigenvalue weighted by Gasteiger charge is -2.39. The predicted molar refractivity (Wildman–Crippen MR) is 145 cm³/mol. The molecule has 196 valence electrons. The average Bonchev–Trinajstić information content (AvgIpc) is 3.52. The van der Waals surface area contributed by atoms with Gasteiger partial charge >= 0.3 is 5.97 Å². The summed E-state index contributed by atoms with van der Waals surface area (Å²) in [6.45, 7) is 9.32. The van der Waals surface area contributed by atoms with Crippen molar-refractivity contribution in [3.63, 3.8) is 0 Å². The standard InChI is InChI=1S/C30H34FNO4S/c1-29(2,3)36-25(33)17-22-16-21(34-30(4,5)35-22)12-13-23-26(18-8-10-20(31)11-9-18)28-24(14-15-37-28)32-27(23)19-6-7-19/h8-15,19,21-22H,6-7,16-17H2,1-5H3/b13-12+/t21-,22-/m1/s1. The molecule has 5 nitrogen and oxygen atoms in total. The molecule has 3 aromatic rings. The zero-order valence-electron chi connectivity index (χ0n) is 22.0. The first-order valence-electron chi connectivity index (χ1n) is 12.9. The molecule has 0 bridgehead atoms. The summed E-state index contributed by atoms with van der Waals surface area (Å²) in [5.74, 6) is -0.946. The number of pyridine rings is 1. The van der Waals surface area contributed by atoms with Crippen LogP contribution in [0.15, 0.2) is 41.8 Å². The number of benzene rings is 1. The molecule has 1 saturated carbocycles. The van der Waals surface area contributed by atoms with E-state index in [-0.39, 0.29) is 30.4 Å². The first-order valence-corrected chi connectivity index (χ1v) is 13.8. The smallest absolute Gasteiger partial charge is 0.308 e. The SMILES string of the molecule is CC(C)(C)OC(=O)C[C@H]1C[C@@H](/C=C/c2c(C3CC3)nc3ccsc3c2-c2ccc(F)cc2)OC(C)(C)O1. The second-order valence-corrected chi connectivity index (χ2v) is 12.3. The largest absolute Gasteiger partial charge is 0.460 e. The Morgan fingerprint density at radius 2 is 1.92 bits per heavy atom. The van der Waals surface area contributed by atoms with Gasteiger partial charge in [-0.1, -0.05) is 24.3 Å². The van der Waals surface area contributed by atoms with Gasteiger partial charge in [0.2, 0.25) is 0 Å². The van der Waals surface area contributed by atoms with Crippen LogP contribution in [-0.4, -0.2) is 34.5 Å². The van der Waals surface area contributed by atoms with Crippen molar-refractivity contribution in [3.8, 4) is 11.1 Å². The normalized spacial score (nSPS) is 22.0. The highest BCUT2D eigenvalue weighted by molar-refractivity contribution is 7.17. The molecular weight excluding hydrogens is 489 g/mol. The van der Waals surface area contributed by atoms with E-state index in [1.807, 2.05) is 46.8 Å². The number of ether oxygens (including phenoxy) is 3. The fourth-order valence-electron chi connectivity index (χ4n) is 4.92. The van der Waals surface area contributed by atoms with E-state index in [2.05, 4.69) is 23.6 Å². The van der Waals surface area contributed by atoms with Gasteiger partial charge in [0.1, 0.15) is 11.4 Å². The van der Waals surface area contributed by atoms with Crippen molar-refractivity contribution in [2.24, 2.45) is 0 Å². The Balaban J connectivity index is 1.48. The van der Waals surface area contributed by atoms with E-state index in [9.17, 15) is 9.18 Å². The number of aromatic nitrogens is 1. The highest BCUT2D eigenvalue weighted by Crippen LogP contribution is 2.46. The van der Waals surface area contributed by atoms with Crippen molar-refractivity contribution in [1.82, 2.24) is 4.98 Å². The van der Waals surface area contributed by atoms with Crippen LogP contribution >= 0.6 is 11.3 Å². The molecule has 0 amide bonds. The van der Waals surface area contributed by atoms with E-state index in [1.165, 1.54) is 12.1 Å². The van der Waals surface area contributed by atoms with E-state index >= 15 is 0 Å². The summed E-state index contributed by atoms with van der Waals surface area (Å²) >= 11 is 1.65. The van der Waals surface area contributed by atoms with Crippen molar-refractivity contribution < 1.29 is 23.4 Å². The Morgan fingerprint density at radius 1 is 1.19 bits per heavy atom. The molecule has 0 unspecified atom stereocenters. The highest BCUT2D eigenvalue weighted by Gasteiger charge is 2.36. The van der Waals surface area contributed by atoms with Gasteiger partial charge in [0.15, 0.2) is 5.79 Å². The fraction of sp³-hybridized carbons (Fsp3) is 0.467. The number of carbonyl (C=O) groups excluding carboxylic acids is 1. The maximum absolute atomic E-state index is 13.8. The second kappa shape index (κ2) is 9.93. The molecule has 1 aliphatic carbocycles. The molecular formula is C30H34FNO4S. The van der Waals surface area contributed by atoms with Gasteiger partial charge in [-0.15, -0.1) is 11.3 Å². The highest BCUT2D eigenvalue weighted by atomic mass is 32.1. The number of halogens is 1. The van der Waals surface area contributed by atoms with Gasteiger partial charge < -0.3 is 14.2 Å². The number of rotatable bonds is 6. The number of carbonyl (C=O) groups is 1. The summed E-state index contributed by atoms with van der Waals surface area (Å²) in [7, 11) is 0. The minimum Gasteiger partial charge on any atom is -0.460 e. The summed E-state index contributed by atoms with van der Waals surface area (Å²) in [6.07, 6.45) is 6.55. The third-order valence-electron chi connectivity index (χ3n) is 6.43. The molecule has 1 aliphatic heterocycles. The molecule has 7 heteroatoms. The monoisotopic (exact) mass is 523 g/mol. The van der Waals surface area contributed by atoms with Crippen molar-refractivity contribution >= 4 is 33.6 Å². The lowest BCUT2D eigenvalue weighted by molar-refractivity contribution is -0.290. The molecule has 2 atom stereocenters. The number of hydrogen-bond acceptors (Lipinski definition) is 6. The van der Waals surface area contributed by atoms with Gasteiger partial charge in [-0.05, 0) is 76.6 Å². The van der Waals surface area contributed by atoms with Gasteiger partial charge in [-0.3, -0.25) is 9.78 Å². The van der Waals surface area contributed by atoms with E-state index in [0.717, 1.165) is 45.4 Å². The maximum atomic E-state index is 13.8. The van der Waals surface area contributed by atoms with Crippen LogP contribution in [0.25, 0.3) is 27.4 Å². The quantitative estimate of drug-likeness (QED) is 0.311. The number of nitrogens with zero attached hydrogens (tertiary/aromatic N) is 1. The van der Waals surface area contributed by atoms with Crippen LogP contribution in [0.2, 0.25) is 0 Å². The number of hydrogen-bond donors (Lipinski definition) is 0. The van der Waals surface area contributed by atoms with Crippen LogP contribution in [-0.2, 0) is 19.0 Å². The summed E-state index contributed by atoms with van der Waals surface area (Å²) < 4.78 is 32.7. The lowest BCUT2D eigenvalue weighted by Crippen LogP contribution is -2.45. The average molecular weight is 524 g/mol. The minimum absolute atomic E-state index is 0.172.